The highest BCUT2D eigenvalue weighted by Gasteiger charge is 1.85. The molecule has 0 spiro atoms. The van der Waals surface area contributed by atoms with E-state index in [-0.39, 0.29) is 0 Å². The molecule has 1 N–H and O–H groups in total. The molecule has 62 valence electrons. The molecule has 1 aromatic rings. The molecular formula is C8H12OS2. The molecule has 1 nitrogen and oxygen atoms in total. The first-order valence-electron chi connectivity index (χ1n) is 3.10. The molecule has 1 aromatic carbocycles. The van der Waals surface area contributed by atoms with Gasteiger partial charge in [-0.15, -0.1) is 24.4 Å². The maximum Gasteiger partial charge on any atom is 0.0319 e. The molecule has 1 rings (SSSR count). The van der Waals surface area contributed by atoms with Crippen molar-refractivity contribution < 1.29 is 5.11 Å². The molecule has 0 aliphatic rings. The summed E-state index contributed by atoms with van der Waals surface area (Å²) in [6.07, 6.45) is 2.06. The van der Waals surface area contributed by atoms with Crippen molar-refractivity contribution in [1.29, 1.82) is 0 Å². The summed E-state index contributed by atoms with van der Waals surface area (Å²) >= 11 is 5.90. The first-order valence-corrected chi connectivity index (χ1v) is 4.78. The quantitative estimate of drug-likeness (QED) is 0.521. The third-order valence-electron chi connectivity index (χ3n) is 1.07. The second-order valence-electron chi connectivity index (χ2n) is 1.70. The van der Waals surface area contributed by atoms with Gasteiger partial charge < -0.3 is 5.11 Å². The molecule has 11 heavy (non-hydrogen) atoms. The molecule has 0 aliphatic carbocycles. The fourth-order valence-electron chi connectivity index (χ4n) is 0.582. The molecule has 0 heterocycles. The largest absolute Gasteiger partial charge is 0.400 e. The third-order valence-corrected chi connectivity index (χ3v) is 2.11. The fourth-order valence-corrected chi connectivity index (χ4v) is 1.14. The first kappa shape index (κ1) is 10.9. The number of thioether (sulfide) groups is 1. The van der Waals surface area contributed by atoms with E-state index in [0.29, 0.717) is 0 Å². The summed E-state index contributed by atoms with van der Waals surface area (Å²) < 4.78 is 0. The number of aliphatic hydroxyl groups is 1. The average molecular weight is 188 g/mol. The van der Waals surface area contributed by atoms with Crippen molar-refractivity contribution in [3.63, 3.8) is 0 Å². The number of aliphatic hydroxyl groups excluding tert-OH is 1. The predicted molar refractivity (Wildman–Crippen MR) is 53.6 cm³/mol. The van der Waals surface area contributed by atoms with E-state index in [1.54, 1.807) is 11.8 Å². The van der Waals surface area contributed by atoms with Gasteiger partial charge in [0.15, 0.2) is 0 Å². The highest BCUT2D eigenvalue weighted by Crippen LogP contribution is 2.15. The van der Waals surface area contributed by atoms with Crippen LogP contribution in [0.15, 0.2) is 34.1 Å². The Morgan fingerprint density at radius 3 is 2.00 bits per heavy atom. The van der Waals surface area contributed by atoms with E-state index in [0.717, 1.165) is 12.0 Å². The summed E-state index contributed by atoms with van der Waals surface area (Å²) in [5.41, 5.74) is 0. The maximum atomic E-state index is 7.00. The third kappa shape index (κ3) is 4.35. The Hall–Kier alpha value is -0.120. The Morgan fingerprint density at radius 2 is 1.64 bits per heavy atom. The second kappa shape index (κ2) is 6.58. The van der Waals surface area contributed by atoms with E-state index >= 15 is 0 Å². The van der Waals surface area contributed by atoms with Gasteiger partial charge in [0, 0.05) is 16.9 Å². The van der Waals surface area contributed by atoms with Gasteiger partial charge in [-0.25, -0.2) is 0 Å². The van der Waals surface area contributed by atoms with Gasteiger partial charge in [-0.05, 0) is 30.5 Å². The number of benzene rings is 1. The van der Waals surface area contributed by atoms with Crippen molar-refractivity contribution in [2.45, 2.75) is 9.79 Å². The van der Waals surface area contributed by atoms with Crippen LogP contribution in [0.2, 0.25) is 0 Å². The van der Waals surface area contributed by atoms with Gasteiger partial charge in [-0.1, -0.05) is 0 Å². The molecule has 0 aliphatic heterocycles. The molecule has 0 unspecified atom stereocenters. The summed E-state index contributed by atoms with van der Waals surface area (Å²) in [4.78, 5) is 2.31. The predicted octanol–water partition coefficient (Wildman–Crippen LogP) is 2.31. The van der Waals surface area contributed by atoms with Gasteiger partial charge in [0.05, 0.1) is 0 Å². The zero-order valence-corrected chi connectivity index (χ0v) is 8.32. The highest BCUT2D eigenvalue weighted by atomic mass is 32.2. The summed E-state index contributed by atoms with van der Waals surface area (Å²) in [5.74, 6) is 0. The number of thiol groups is 1. The van der Waals surface area contributed by atoms with E-state index in [1.807, 2.05) is 12.1 Å². The van der Waals surface area contributed by atoms with Crippen LogP contribution in [0, 0.1) is 0 Å². The van der Waals surface area contributed by atoms with E-state index in [4.69, 9.17) is 5.11 Å². The van der Waals surface area contributed by atoms with Gasteiger partial charge >= 0.3 is 0 Å². The van der Waals surface area contributed by atoms with Crippen molar-refractivity contribution in [2.24, 2.45) is 0 Å². The lowest BCUT2D eigenvalue weighted by Crippen LogP contribution is -1.67. The minimum atomic E-state index is 1.00. The Balaban J connectivity index is 0.000000461. The van der Waals surface area contributed by atoms with Gasteiger partial charge in [0.1, 0.15) is 0 Å². The Morgan fingerprint density at radius 1 is 1.18 bits per heavy atom. The maximum absolute atomic E-state index is 7.00. The number of hydrogen-bond acceptors (Lipinski definition) is 3. The standard InChI is InChI=1S/C7H8S2.CH4O/c1-9-7-4-2-6(8)3-5-7;1-2/h2-5,8H,1H3;2H,1H3. The lowest BCUT2D eigenvalue weighted by atomic mass is 10.4. The van der Waals surface area contributed by atoms with E-state index in [1.165, 1.54) is 4.90 Å². The minimum Gasteiger partial charge on any atom is -0.400 e. The van der Waals surface area contributed by atoms with Crippen LogP contribution in [0.3, 0.4) is 0 Å². The van der Waals surface area contributed by atoms with Crippen molar-refractivity contribution in [3.8, 4) is 0 Å². The summed E-state index contributed by atoms with van der Waals surface area (Å²) in [7, 11) is 1.00. The zero-order chi connectivity index (χ0) is 8.69. The van der Waals surface area contributed by atoms with Crippen LogP contribution < -0.4 is 0 Å². The Labute approximate surface area is 77.2 Å². The SMILES string of the molecule is CO.CSc1ccc(S)cc1. The molecule has 0 amide bonds. The van der Waals surface area contributed by atoms with Crippen LogP contribution >= 0.6 is 24.4 Å². The van der Waals surface area contributed by atoms with Crippen molar-refractivity contribution >= 4 is 24.4 Å². The van der Waals surface area contributed by atoms with Crippen molar-refractivity contribution in [2.75, 3.05) is 13.4 Å². The normalized spacial score (nSPS) is 8.36. The van der Waals surface area contributed by atoms with E-state index in [9.17, 15) is 0 Å². The topological polar surface area (TPSA) is 20.2 Å². The summed E-state index contributed by atoms with van der Waals surface area (Å²) in [5, 5.41) is 7.00. The average Bonchev–Trinajstić information content (AvgIpc) is 2.10. The van der Waals surface area contributed by atoms with Crippen LogP contribution in [-0.2, 0) is 0 Å². The number of hydrogen-bond donors (Lipinski definition) is 2. The van der Waals surface area contributed by atoms with Gasteiger partial charge in [0.25, 0.3) is 0 Å². The molecule has 0 atom stereocenters. The Kier molecular flexibility index (Phi) is 6.51. The van der Waals surface area contributed by atoms with Gasteiger partial charge in [0.2, 0.25) is 0 Å². The lowest BCUT2D eigenvalue weighted by Gasteiger charge is -1.93. The number of rotatable bonds is 1. The molecule has 0 fully saturated rings. The summed E-state index contributed by atoms with van der Waals surface area (Å²) in [6, 6.07) is 8.11. The van der Waals surface area contributed by atoms with Crippen molar-refractivity contribution in [1.82, 2.24) is 0 Å². The lowest BCUT2D eigenvalue weighted by molar-refractivity contribution is 0.399. The van der Waals surface area contributed by atoms with E-state index in [2.05, 4.69) is 31.0 Å². The first-order chi connectivity index (χ1) is 5.33. The highest BCUT2D eigenvalue weighted by molar-refractivity contribution is 7.98. The van der Waals surface area contributed by atoms with Crippen LogP contribution in [0.1, 0.15) is 0 Å². The van der Waals surface area contributed by atoms with Crippen LogP contribution in [-0.4, -0.2) is 18.5 Å². The van der Waals surface area contributed by atoms with Crippen molar-refractivity contribution in [3.05, 3.63) is 24.3 Å². The summed E-state index contributed by atoms with van der Waals surface area (Å²) in [6.45, 7) is 0. The molecule has 0 radical (unpaired) electrons. The van der Waals surface area contributed by atoms with Gasteiger partial charge in [-0.2, -0.15) is 0 Å². The smallest absolute Gasteiger partial charge is 0.0319 e. The molecule has 0 bridgehead atoms. The molecule has 0 saturated carbocycles. The molecule has 0 saturated heterocycles. The van der Waals surface area contributed by atoms with Crippen LogP contribution in [0.4, 0.5) is 0 Å². The van der Waals surface area contributed by atoms with Crippen LogP contribution in [0.5, 0.6) is 0 Å². The fraction of sp³-hybridized carbons (Fsp3) is 0.250. The molecular weight excluding hydrogens is 176 g/mol. The molecule has 0 aromatic heterocycles. The van der Waals surface area contributed by atoms with Crippen LogP contribution in [0.25, 0.3) is 0 Å². The zero-order valence-electron chi connectivity index (χ0n) is 6.61. The monoisotopic (exact) mass is 188 g/mol. The van der Waals surface area contributed by atoms with Gasteiger partial charge in [-0.3, -0.25) is 0 Å². The Bertz CT molecular complexity index is 184. The van der Waals surface area contributed by atoms with E-state index < -0.39 is 0 Å². The minimum absolute atomic E-state index is 1.00. The molecule has 3 heteroatoms. The second-order valence-corrected chi connectivity index (χ2v) is 3.09.